The van der Waals surface area contributed by atoms with Crippen LogP contribution in [0.1, 0.15) is 33.6 Å². The molecule has 0 aromatic heterocycles. The van der Waals surface area contributed by atoms with Gasteiger partial charge in [-0.1, -0.05) is 13.8 Å². The molecule has 1 unspecified atom stereocenters. The fourth-order valence-electron chi connectivity index (χ4n) is 1.62. The van der Waals surface area contributed by atoms with Crippen LogP contribution in [0.3, 0.4) is 0 Å². The molecule has 0 aromatic carbocycles. The van der Waals surface area contributed by atoms with E-state index in [1.165, 1.54) is 14.0 Å². The molecule has 5 heteroatoms. The maximum atomic E-state index is 11.5. The van der Waals surface area contributed by atoms with E-state index in [9.17, 15) is 9.59 Å². The molecule has 2 atom stereocenters. The van der Waals surface area contributed by atoms with Gasteiger partial charge in [0.15, 0.2) is 6.10 Å². The minimum absolute atomic E-state index is 0.104. The first-order valence-corrected chi connectivity index (χ1v) is 5.88. The van der Waals surface area contributed by atoms with Gasteiger partial charge in [0, 0.05) is 6.42 Å². The normalized spacial score (nSPS) is 14.2. The molecule has 0 radical (unpaired) electrons. The molecule has 0 aliphatic carbocycles. The lowest BCUT2D eigenvalue weighted by Gasteiger charge is -2.17. The highest BCUT2D eigenvalue weighted by molar-refractivity contribution is 5.78. The van der Waals surface area contributed by atoms with Gasteiger partial charge >= 0.3 is 11.9 Å². The molecule has 17 heavy (non-hydrogen) atoms. The zero-order valence-electron chi connectivity index (χ0n) is 11.1. The molecular formula is C12H23NO4. The van der Waals surface area contributed by atoms with Crippen LogP contribution < -0.4 is 5.73 Å². The fourth-order valence-corrected chi connectivity index (χ4v) is 1.62. The zero-order valence-corrected chi connectivity index (χ0v) is 11.1. The molecule has 0 rings (SSSR count). The fraction of sp³-hybridized carbons (Fsp3) is 0.833. The number of esters is 2. The summed E-state index contributed by atoms with van der Waals surface area (Å²) in [5, 5.41) is 0. The van der Waals surface area contributed by atoms with E-state index in [-0.39, 0.29) is 12.3 Å². The first kappa shape index (κ1) is 15.9. The number of methoxy groups -OCH3 is 1. The summed E-state index contributed by atoms with van der Waals surface area (Å²) in [4.78, 5) is 22.6. The summed E-state index contributed by atoms with van der Waals surface area (Å²) in [6.45, 7) is 6.08. The van der Waals surface area contributed by atoms with E-state index >= 15 is 0 Å². The number of rotatable bonds is 7. The SMILES string of the molecule is COC(=O)C(C)OC(=O)C[C@@H](CN)CC(C)C. The van der Waals surface area contributed by atoms with Gasteiger partial charge in [-0.3, -0.25) is 4.79 Å². The Morgan fingerprint density at radius 2 is 1.82 bits per heavy atom. The van der Waals surface area contributed by atoms with Crippen molar-refractivity contribution in [1.29, 1.82) is 0 Å². The van der Waals surface area contributed by atoms with Crippen LogP contribution in [0.5, 0.6) is 0 Å². The average molecular weight is 245 g/mol. The van der Waals surface area contributed by atoms with E-state index in [0.717, 1.165) is 6.42 Å². The summed E-state index contributed by atoms with van der Waals surface area (Å²) in [5.41, 5.74) is 5.59. The number of hydrogen-bond donors (Lipinski definition) is 1. The lowest BCUT2D eigenvalue weighted by molar-refractivity contribution is -0.165. The highest BCUT2D eigenvalue weighted by Crippen LogP contribution is 2.15. The van der Waals surface area contributed by atoms with Crippen molar-refractivity contribution in [3.8, 4) is 0 Å². The van der Waals surface area contributed by atoms with E-state index in [1.54, 1.807) is 0 Å². The topological polar surface area (TPSA) is 78.6 Å². The monoisotopic (exact) mass is 245 g/mol. The second-order valence-electron chi connectivity index (χ2n) is 4.59. The number of ether oxygens (including phenoxy) is 2. The number of hydrogen-bond acceptors (Lipinski definition) is 5. The smallest absolute Gasteiger partial charge is 0.346 e. The van der Waals surface area contributed by atoms with Crippen molar-refractivity contribution >= 4 is 11.9 Å². The van der Waals surface area contributed by atoms with Gasteiger partial charge in [-0.15, -0.1) is 0 Å². The van der Waals surface area contributed by atoms with Crippen molar-refractivity contribution in [3.05, 3.63) is 0 Å². The third kappa shape index (κ3) is 6.94. The largest absolute Gasteiger partial charge is 0.466 e. The Kier molecular flexibility index (Phi) is 7.54. The summed E-state index contributed by atoms with van der Waals surface area (Å²) in [5.74, 6) is -0.368. The molecule has 0 spiro atoms. The van der Waals surface area contributed by atoms with Gasteiger partial charge in [0.2, 0.25) is 0 Å². The Bertz CT molecular complexity index is 253. The standard InChI is InChI=1S/C12H23NO4/c1-8(2)5-10(7-13)6-11(14)17-9(3)12(15)16-4/h8-10H,5-7,13H2,1-4H3/t9?,10-/m0/s1. The summed E-state index contributed by atoms with van der Waals surface area (Å²) in [6.07, 6.45) is 0.263. The van der Waals surface area contributed by atoms with Crippen LogP contribution in [0.4, 0.5) is 0 Å². The molecule has 0 aliphatic rings. The second-order valence-corrected chi connectivity index (χ2v) is 4.59. The molecule has 0 aromatic rings. The molecule has 0 amide bonds. The van der Waals surface area contributed by atoms with Gasteiger partial charge in [0.25, 0.3) is 0 Å². The Balaban J connectivity index is 4.10. The first-order valence-electron chi connectivity index (χ1n) is 5.88. The average Bonchev–Trinajstić information content (AvgIpc) is 2.25. The number of carbonyl (C=O) groups excluding carboxylic acids is 2. The van der Waals surface area contributed by atoms with Crippen LogP contribution >= 0.6 is 0 Å². The molecule has 0 fully saturated rings. The maximum absolute atomic E-state index is 11.5. The maximum Gasteiger partial charge on any atom is 0.346 e. The molecule has 0 aliphatic heterocycles. The quantitative estimate of drug-likeness (QED) is 0.679. The Labute approximate surface area is 103 Å². The first-order chi connectivity index (χ1) is 7.90. The van der Waals surface area contributed by atoms with Crippen LogP contribution in [0.25, 0.3) is 0 Å². The van der Waals surface area contributed by atoms with Gasteiger partial charge < -0.3 is 15.2 Å². The highest BCUT2D eigenvalue weighted by Gasteiger charge is 2.21. The summed E-state index contributed by atoms with van der Waals surface area (Å²) in [7, 11) is 1.26. The molecule has 0 saturated heterocycles. The Morgan fingerprint density at radius 3 is 2.24 bits per heavy atom. The lowest BCUT2D eigenvalue weighted by Crippen LogP contribution is -2.28. The third-order valence-corrected chi connectivity index (χ3v) is 2.43. The van der Waals surface area contributed by atoms with E-state index in [4.69, 9.17) is 10.5 Å². The van der Waals surface area contributed by atoms with Gasteiger partial charge in [0.1, 0.15) is 0 Å². The lowest BCUT2D eigenvalue weighted by atomic mass is 9.94. The minimum atomic E-state index is -0.857. The second kappa shape index (κ2) is 8.06. The van der Waals surface area contributed by atoms with Crippen LogP contribution in [0.2, 0.25) is 0 Å². The number of nitrogens with two attached hydrogens (primary N) is 1. The predicted molar refractivity (Wildman–Crippen MR) is 64.2 cm³/mol. The van der Waals surface area contributed by atoms with Crippen molar-refractivity contribution < 1.29 is 19.1 Å². The number of carbonyl (C=O) groups is 2. The highest BCUT2D eigenvalue weighted by atomic mass is 16.6. The van der Waals surface area contributed by atoms with Crippen molar-refractivity contribution in [1.82, 2.24) is 0 Å². The molecule has 5 nitrogen and oxygen atoms in total. The molecule has 100 valence electrons. The van der Waals surface area contributed by atoms with Crippen LogP contribution in [0.15, 0.2) is 0 Å². The zero-order chi connectivity index (χ0) is 13.4. The molecule has 0 bridgehead atoms. The van der Waals surface area contributed by atoms with E-state index in [2.05, 4.69) is 18.6 Å². The molecule has 0 heterocycles. The van der Waals surface area contributed by atoms with Crippen molar-refractivity contribution in [2.24, 2.45) is 17.6 Å². The van der Waals surface area contributed by atoms with Gasteiger partial charge in [0.05, 0.1) is 7.11 Å². The van der Waals surface area contributed by atoms with Gasteiger partial charge in [-0.05, 0) is 31.7 Å². The van der Waals surface area contributed by atoms with Crippen molar-refractivity contribution in [2.45, 2.75) is 39.7 Å². The van der Waals surface area contributed by atoms with E-state index in [1.807, 2.05) is 0 Å². The Morgan fingerprint density at radius 1 is 1.24 bits per heavy atom. The predicted octanol–water partition coefficient (Wildman–Crippen LogP) is 1.10. The van der Waals surface area contributed by atoms with Crippen molar-refractivity contribution in [2.75, 3.05) is 13.7 Å². The minimum Gasteiger partial charge on any atom is -0.466 e. The van der Waals surface area contributed by atoms with Crippen LogP contribution in [-0.2, 0) is 19.1 Å². The molecule has 0 saturated carbocycles. The van der Waals surface area contributed by atoms with E-state index < -0.39 is 18.0 Å². The molecular weight excluding hydrogens is 222 g/mol. The van der Waals surface area contributed by atoms with Gasteiger partial charge in [-0.25, -0.2) is 4.79 Å². The van der Waals surface area contributed by atoms with Crippen molar-refractivity contribution in [3.63, 3.8) is 0 Å². The Hall–Kier alpha value is -1.10. The summed E-state index contributed by atoms with van der Waals surface area (Å²) >= 11 is 0. The van der Waals surface area contributed by atoms with Crippen LogP contribution in [-0.4, -0.2) is 31.7 Å². The molecule has 2 N–H and O–H groups in total. The summed E-state index contributed by atoms with van der Waals surface area (Å²) < 4.78 is 9.42. The van der Waals surface area contributed by atoms with Crippen LogP contribution in [0, 0.1) is 11.8 Å². The third-order valence-electron chi connectivity index (χ3n) is 2.43. The summed E-state index contributed by atoms with van der Waals surface area (Å²) in [6, 6.07) is 0. The van der Waals surface area contributed by atoms with E-state index in [0.29, 0.717) is 12.5 Å². The van der Waals surface area contributed by atoms with Gasteiger partial charge in [-0.2, -0.15) is 0 Å².